The summed E-state index contributed by atoms with van der Waals surface area (Å²) < 4.78 is 20.5. The van der Waals surface area contributed by atoms with E-state index >= 15 is 0 Å². The third-order valence-corrected chi connectivity index (χ3v) is 3.99. The Morgan fingerprint density at radius 2 is 1.56 bits per heavy atom. The van der Waals surface area contributed by atoms with Crippen LogP contribution in [0.4, 0.5) is 5.69 Å². The average molecular weight is 394 g/mol. The van der Waals surface area contributed by atoms with Gasteiger partial charge in [-0.2, -0.15) is 0 Å². The standard InChI is InChI=1S/C19H20ClNO6/c1-11(18(22)21-13-6-8-15(24-2)14(20)10-13)27-19(23)12-5-7-16(25-3)17(9-12)26-4/h5-11H,1-4H3,(H,21,22)/t11-/m0/s1. The highest BCUT2D eigenvalue weighted by Crippen LogP contribution is 2.28. The van der Waals surface area contributed by atoms with Gasteiger partial charge in [-0.1, -0.05) is 11.6 Å². The number of rotatable bonds is 7. The van der Waals surface area contributed by atoms with Gasteiger partial charge in [-0.05, 0) is 43.3 Å². The molecule has 0 aliphatic carbocycles. The van der Waals surface area contributed by atoms with Crippen molar-refractivity contribution in [2.75, 3.05) is 26.6 Å². The number of nitrogens with one attached hydrogen (secondary N) is 1. The van der Waals surface area contributed by atoms with Crippen molar-refractivity contribution in [1.82, 2.24) is 0 Å². The van der Waals surface area contributed by atoms with Crippen LogP contribution >= 0.6 is 11.6 Å². The number of anilines is 1. The highest BCUT2D eigenvalue weighted by molar-refractivity contribution is 6.32. The molecule has 0 aliphatic heterocycles. The van der Waals surface area contributed by atoms with Gasteiger partial charge < -0.3 is 24.3 Å². The van der Waals surface area contributed by atoms with E-state index in [1.807, 2.05) is 0 Å². The van der Waals surface area contributed by atoms with Crippen molar-refractivity contribution < 1.29 is 28.5 Å². The summed E-state index contributed by atoms with van der Waals surface area (Å²) in [4.78, 5) is 24.5. The second kappa shape index (κ2) is 9.14. The van der Waals surface area contributed by atoms with Crippen LogP contribution < -0.4 is 19.5 Å². The molecule has 1 N–H and O–H groups in total. The van der Waals surface area contributed by atoms with Crippen LogP contribution in [0.2, 0.25) is 5.02 Å². The Kier molecular flexibility index (Phi) is 6.90. The van der Waals surface area contributed by atoms with Gasteiger partial charge in [0.2, 0.25) is 0 Å². The van der Waals surface area contributed by atoms with Crippen LogP contribution in [0.25, 0.3) is 0 Å². The van der Waals surface area contributed by atoms with E-state index in [1.54, 1.807) is 24.3 Å². The number of carbonyl (C=O) groups is 2. The van der Waals surface area contributed by atoms with Crippen LogP contribution in [-0.2, 0) is 9.53 Å². The minimum atomic E-state index is -1.02. The van der Waals surface area contributed by atoms with Crippen LogP contribution in [0, 0.1) is 0 Å². The minimum Gasteiger partial charge on any atom is -0.495 e. The number of hydrogen-bond acceptors (Lipinski definition) is 6. The zero-order chi connectivity index (χ0) is 20.0. The molecule has 2 rings (SSSR count). The van der Waals surface area contributed by atoms with E-state index in [9.17, 15) is 9.59 Å². The summed E-state index contributed by atoms with van der Waals surface area (Å²) in [5.41, 5.74) is 0.694. The molecule has 1 atom stereocenters. The zero-order valence-corrected chi connectivity index (χ0v) is 16.1. The second-order valence-electron chi connectivity index (χ2n) is 5.46. The van der Waals surface area contributed by atoms with E-state index in [2.05, 4.69) is 5.32 Å². The maximum Gasteiger partial charge on any atom is 0.339 e. The molecule has 0 radical (unpaired) electrons. The van der Waals surface area contributed by atoms with Crippen molar-refractivity contribution in [1.29, 1.82) is 0 Å². The molecule has 0 bridgehead atoms. The van der Waals surface area contributed by atoms with Gasteiger partial charge in [0.25, 0.3) is 5.91 Å². The summed E-state index contributed by atoms with van der Waals surface area (Å²) in [6, 6.07) is 9.39. The fourth-order valence-corrected chi connectivity index (χ4v) is 2.49. The second-order valence-corrected chi connectivity index (χ2v) is 5.86. The Morgan fingerprint density at radius 3 is 2.15 bits per heavy atom. The molecule has 0 unspecified atom stereocenters. The molecular weight excluding hydrogens is 374 g/mol. The van der Waals surface area contributed by atoms with Crippen molar-refractivity contribution in [2.45, 2.75) is 13.0 Å². The van der Waals surface area contributed by atoms with Crippen LogP contribution in [0.3, 0.4) is 0 Å². The zero-order valence-electron chi connectivity index (χ0n) is 15.4. The molecule has 8 heteroatoms. The molecule has 1 amide bonds. The highest BCUT2D eigenvalue weighted by atomic mass is 35.5. The topological polar surface area (TPSA) is 83.1 Å². The lowest BCUT2D eigenvalue weighted by Gasteiger charge is -2.15. The van der Waals surface area contributed by atoms with Crippen LogP contribution in [0.5, 0.6) is 17.2 Å². The maximum atomic E-state index is 12.3. The average Bonchev–Trinajstić information content (AvgIpc) is 2.67. The van der Waals surface area contributed by atoms with Crippen molar-refractivity contribution in [3.05, 3.63) is 47.0 Å². The number of halogens is 1. The van der Waals surface area contributed by atoms with Crippen molar-refractivity contribution in [3.8, 4) is 17.2 Å². The van der Waals surface area contributed by atoms with E-state index in [0.717, 1.165) is 0 Å². The maximum absolute atomic E-state index is 12.3. The first-order valence-corrected chi connectivity index (χ1v) is 8.34. The number of esters is 1. The number of ether oxygens (including phenoxy) is 4. The van der Waals surface area contributed by atoms with E-state index < -0.39 is 18.0 Å². The summed E-state index contributed by atoms with van der Waals surface area (Å²) in [6.45, 7) is 1.47. The lowest BCUT2D eigenvalue weighted by Crippen LogP contribution is -2.30. The summed E-state index contributed by atoms with van der Waals surface area (Å²) >= 11 is 6.03. The molecule has 0 saturated carbocycles. The van der Waals surface area contributed by atoms with E-state index in [0.29, 0.717) is 28.0 Å². The lowest BCUT2D eigenvalue weighted by molar-refractivity contribution is -0.123. The van der Waals surface area contributed by atoms with E-state index in [4.69, 9.17) is 30.5 Å². The Balaban J connectivity index is 2.03. The Morgan fingerprint density at radius 1 is 0.926 bits per heavy atom. The number of benzene rings is 2. The third-order valence-electron chi connectivity index (χ3n) is 3.69. The molecule has 0 heterocycles. The molecule has 0 spiro atoms. The summed E-state index contributed by atoms with van der Waals surface area (Å²) in [5.74, 6) is 0.201. The number of hydrogen-bond donors (Lipinski definition) is 1. The van der Waals surface area contributed by atoms with Gasteiger partial charge in [0.1, 0.15) is 5.75 Å². The Bertz CT molecular complexity index is 839. The monoisotopic (exact) mass is 393 g/mol. The van der Waals surface area contributed by atoms with Gasteiger partial charge in [0, 0.05) is 5.69 Å². The highest BCUT2D eigenvalue weighted by Gasteiger charge is 2.20. The largest absolute Gasteiger partial charge is 0.495 e. The Labute approximate surface area is 162 Å². The molecule has 0 fully saturated rings. The van der Waals surface area contributed by atoms with E-state index in [-0.39, 0.29) is 5.56 Å². The molecule has 27 heavy (non-hydrogen) atoms. The predicted octanol–water partition coefficient (Wildman–Crippen LogP) is 3.55. The van der Waals surface area contributed by atoms with Crippen LogP contribution in [-0.4, -0.2) is 39.3 Å². The molecule has 0 saturated heterocycles. The SMILES string of the molecule is COc1ccc(NC(=O)[C@H](C)OC(=O)c2ccc(OC)c(OC)c2)cc1Cl. The van der Waals surface area contributed by atoms with Crippen LogP contribution in [0.15, 0.2) is 36.4 Å². The van der Waals surface area contributed by atoms with Gasteiger partial charge in [-0.3, -0.25) is 4.79 Å². The van der Waals surface area contributed by atoms with Gasteiger partial charge in [0.05, 0.1) is 31.9 Å². The molecule has 144 valence electrons. The number of carbonyl (C=O) groups excluding carboxylic acids is 2. The molecule has 7 nitrogen and oxygen atoms in total. The first-order chi connectivity index (χ1) is 12.9. The number of methoxy groups -OCH3 is 3. The van der Waals surface area contributed by atoms with Crippen molar-refractivity contribution in [3.63, 3.8) is 0 Å². The third kappa shape index (κ3) is 5.04. The smallest absolute Gasteiger partial charge is 0.339 e. The van der Waals surface area contributed by atoms with Gasteiger partial charge in [0.15, 0.2) is 17.6 Å². The fraction of sp³-hybridized carbons (Fsp3) is 0.263. The van der Waals surface area contributed by atoms with Crippen LogP contribution in [0.1, 0.15) is 17.3 Å². The first-order valence-electron chi connectivity index (χ1n) is 7.97. The fourth-order valence-electron chi connectivity index (χ4n) is 2.23. The normalized spacial score (nSPS) is 11.3. The van der Waals surface area contributed by atoms with E-state index in [1.165, 1.54) is 40.4 Å². The summed E-state index contributed by atoms with van der Waals surface area (Å²) in [5, 5.41) is 2.98. The first kappa shape index (κ1) is 20.4. The minimum absolute atomic E-state index is 0.236. The molecule has 0 aromatic heterocycles. The lowest BCUT2D eigenvalue weighted by atomic mass is 10.2. The van der Waals surface area contributed by atoms with Gasteiger partial charge in [-0.25, -0.2) is 4.79 Å². The summed E-state index contributed by atoms with van der Waals surface area (Å²) in [6.07, 6.45) is -1.02. The number of amides is 1. The van der Waals surface area contributed by atoms with Crippen molar-refractivity contribution >= 4 is 29.2 Å². The Hall–Kier alpha value is -2.93. The predicted molar refractivity (Wildman–Crippen MR) is 101 cm³/mol. The molecule has 0 aliphatic rings. The molecule has 2 aromatic rings. The molecular formula is C19H20ClNO6. The van der Waals surface area contributed by atoms with Crippen molar-refractivity contribution in [2.24, 2.45) is 0 Å². The quantitative estimate of drug-likeness (QED) is 0.724. The van der Waals surface area contributed by atoms with Gasteiger partial charge in [-0.15, -0.1) is 0 Å². The summed E-state index contributed by atoms with van der Waals surface area (Å²) in [7, 11) is 4.45. The molecule has 2 aromatic carbocycles. The van der Waals surface area contributed by atoms with Gasteiger partial charge >= 0.3 is 5.97 Å².